The summed E-state index contributed by atoms with van der Waals surface area (Å²) in [5.74, 6) is 1.67. The van der Waals surface area contributed by atoms with Crippen molar-refractivity contribution in [3.05, 3.63) is 52.0 Å². The molecule has 0 aliphatic heterocycles. The molecule has 0 aliphatic carbocycles. The molecule has 0 spiro atoms. The molecule has 0 saturated carbocycles. The number of benzene rings is 1. The topological polar surface area (TPSA) is 95.5 Å². The molecule has 0 N–H and O–H groups in total. The fourth-order valence-electron chi connectivity index (χ4n) is 2.31. The summed E-state index contributed by atoms with van der Waals surface area (Å²) in [6.07, 6.45) is 0. The molecule has 2 heterocycles. The Morgan fingerprint density at radius 2 is 2.08 bits per heavy atom. The number of hydrogen-bond acceptors (Lipinski definition) is 7. The molecule has 3 aromatic rings. The monoisotopic (exact) mass is 345 g/mol. The summed E-state index contributed by atoms with van der Waals surface area (Å²) in [6.45, 7) is 4.13. The summed E-state index contributed by atoms with van der Waals surface area (Å²) in [4.78, 5) is 14.9. The van der Waals surface area contributed by atoms with E-state index in [1.807, 2.05) is 24.3 Å². The van der Waals surface area contributed by atoms with Gasteiger partial charge in [0, 0.05) is 23.6 Å². The summed E-state index contributed by atoms with van der Waals surface area (Å²) < 4.78 is 7.40. The van der Waals surface area contributed by atoms with Gasteiger partial charge in [-0.05, 0) is 19.9 Å². The lowest BCUT2D eigenvalue weighted by Gasteiger charge is -2.06. The molecule has 3 rings (SSSR count). The zero-order chi connectivity index (χ0) is 17.1. The zero-order valence-electron chi connectivity index (χ0n) is 13.2. The first-order valence-electron chi connectivity index (χ1n) is 7.24. The molecule has 2 aromatic heterocycles. The van der Waals surface area contributed by atoms with Crippen molar-refractivity contribution in [1.29, 1.82) is 0 Å². The maximum Gasteiger partial charge on any atom is 0.310 e. The maximum absolute atomic E-state index is 10.9. The second-order valence-corrected chi connectivity index (χ2v) is 6.10. The van der Waals surface area contributed by atoms with E-state index in [1.165, 1.54) is 17.8 Å². The molecule has 0 radical (unpaired) electrons. The van der Waals surface area contributed by atoms with Crippen molar-refractivity contribution in [2.75, 3.05) is 12.4 Å². The van der Waals surface area contributed by atoms with Crippen LogP contribution in [0.25, 0.3) is 5.65 Å². The molecule has 0 bridgehead atoms. The minimum Gasteiger partial charge on any atom is -0.486 e. The Morgan fingerprint density at radius 3 is 2.88 bits per heavy atom. The van der Waals surface area contributed by atoms with Crippen LogP contribution in [0, 0.1) is 24.0 Å². The van der Waals surface area contributed by atoms with E-state index in [-0.39, 0.29) is 11.4 Å². The third kappa shape index (κ3) is 3.30. The van der Waals surface area contributed by atoms with Crippen LogP contribution in [0.15, 0.2) is 35.5 Å². The van der Waals surface area contributed by atoms with Crippen LogP contribution in [0.2, 0.25) is 0 Å². The summed E-state index contributed by atoms with van der Waals surface area (Å²) in [7, 11) is 0. The van der Waals surface area contributed by atoms with Gasteiger partial charge in [-0.2, -0.15) is 0 Å². The highest BCUT2D eigenvalue weighted by atomic mass is 32.2. The van der Waals surface area contributed by atoms with Gasteiger partial charge in [-0.1, -0.05) is 23.9 Å². The van der Waals surface area contributed by atoms with Crippen molar-refractivity contribution in [3.63, 3.8) is 0 Å². The van der Waals surface area contributed by atoms with Crippen LogP contribution in [0.4, 0.5) is 5.69 Å². The Kier molecular flexibility index (Phi) is 4.61. The fraction of sp³-hybridized carbons (Fsp3) is 0.267. The Labute approximate surface area is 142 Å². The van der Waals surface area contributed by atoms with E-state index in [0.717, 1.165) is 22.3 Å². The van der Waals surface area contributed by atoms with Crippen molar-refractivity contribution in [2.24, 2.45) is 0 Å². The smallest absolute Gasteiger partial charge is 0.310 e. The second kappa shape index (κ2) is 6.83. The zero-order valence-corrected chi connectivity index (χ0v) is 14.0. The van der Waals surface area contributed by atoms with Crippen molar-refractivity contribution in [1.82, 2.24) is 19.6 Å². The van der Waals surface area contributed by atoms with Crippen LogP contribution in [0.5, 0.6) is 5.75 Å². The molecular weight excluding hydrogens is 330 g/mol. The van der Waals surface area contributed by atoms with E-state index in [1.54, 1.807) is 18.2 Å². The maximum atomic E-state index is 10.9. The molecule has 0 fully saturated rings. The Bertz CT molecular complexity index is 896. The highest BCUT2D eigenvalue weighted by Crippen LogP contribution is 2.26. The molecule has 124 valence electrons. The highest BCUT2D eigenvalue weighted by Gasteiger charge is 2.14. The van der Waals surface area contributed by atoms with Crippen molar-refractivity contribution in [3.8, 4) is 5.75 Å². The number of hydrogen-bond donors (Lipinski definition) is 0. The summed E-state index contributed by atoms with van der Waals surface area (Å²) in [5, 5.41) is 20.0. The van der Waals surface area contributed by atoms with Gasteiger partial charge < -0.3 is 4.74 Å². The highest BCUT2D eigenvalue weighted by molar-refractivity contribution is 7.99. The number of rotatable bonds is 6. The first-order valence-corrected chi connectivity index (χ1v) is 8.23. The Morgan fingerprint density at radius 1 is 1.29 bits per heavy atom. The van der Waals surface area contributed by atoms with Crippen LogP contribution in [0.1, 0.15) is 11.5 Å². The van der Waals surface area contributed by atoms with Gasteiger partial charge in [0.25, 0.3) is 0 Å². The van der Waals surface area contributed by atoms with Crippen LogP contribution >= 0.6 is 11.8 Å². The van der Waals surface area contributed by atoms with Crippen LogP contribution < -0.4 is 4.74 Å². The lowest BCUT2D eigenvalue weighted by Crippen LogP contribution is -2.04. The number of nitrogens with zero attached hydrogens (tertiary/aromatic N) is 5. The van der Waals surface area contributed by atoms with E-state index in [0.29, 0.717) is 12.4 Å². The van der Waals surface area contributed by atoms with Crippen LogP contribution in [-0.4, -0.2) is 36.9 Å². The third-order valence-electron chi connectivity index (χ3n) is 3.29. The van der Waals surface area contributed by atoms with E-state index >= 15 is 0 Å². The number of nitro groups is 1. The number of ether oxygens (including phenoxy) is 1. The standard InChI is InChI=1S/C15H15N5O3S/c1-10-9-14-17-18-15(19(14)11(2)16-10)24-8-7-23-13-6-4-3-5-12(13)20(21)22/h3-6,9H,7-8H2,1-2H3. The molecule has 0 amide bonds. The van der Waals surface area contributed by atoms with Gasteiger partial charge in [0.1, 0.15) is 5.82 Å². The average Bonchev–Trinajstić information content (AvgIpc) is 2.95. The predicted molar refractivity (Wildman–Crippen MR) is 89.6 cm³/mol. The second-order valence-electron chi connectivity index (χ2n) is 5.04. The first kappa shape index (κ1) is 16.2. The van der Waals surface area contributed by atoms with Gasteiger partial charge in [-0.25, -0.2) is 4.98 Å². The van der Waals surface area contributed by atoms with Gasteiger partial charge in [-0.3, -0.25) is 14.5 Å². The van der Waals surface area contributed by atoms with Gasteiger partial charge in [0.05, 0.1) is 11.5 Å². The SMILES string of the molecule is Cc1cc2nnc(SCCOc3ccccc3[N+](=O)[O-])n2c(C)n1. The molecule has 9 heteroatoms. The summed E-state index contributed by atoms with van der Waals surface area (Å²) in [5.41, 5.74) is 1.61. The average molecular weight is 345 g/mol. The number of nitro benzene ring substituents is 1. The molecule has 1 aromatic carbocycles. The van der Waals surface area contributed by atoms with Crippen molar-refractivity contribution < 1.29 is 9.66 Å². The van der Waals surface area contributed by atoms with Gasteiger partial charge in [-0.15, -0.1) is 10.2 Å². The number of para-hydroxylation sites is 2. The van der Waals surface area contributed by atoms with Crippen molar-refractivity contribution >= 4 is 23.1 Å². The number of aromatic nitrogens is 4. The minimum atomic E-state index is -0.453. The Balaban J connectivity index is 1.65. The summed E-state index contributed by atoms with van der Waals surface area (Å²) >= 11 is 1.46. The Hall–Kier alpha value is -2.68. The van der Waals surface area contributed by atoms with Gasteiger partial charge in [0.15, 0.2) is 16.6 Å². The largest absolute Gasteiger partial charge is 0.486 e. The normalized spacial score (nSPS) is 10.9. The fourth-order valence-corrected chi connectivity index (χ4v) is 3.11. The predicted octanol–water partition coefficient (Wildman–Crippen LogP) is 2.82. The number of thioether (sulfide) groups is 1. The molecular formula is C15H15N5O3S. The molecule has 0 saturated heterocycles. The molecule has 0 atom stereocenters. The molecule has 8 nitrogen and oxygen atoms in total. The quantitative estimate of drug-likeness (QED) is 0.293. The van der Waals surface area contributed by atoms with E-state index < -0.39 is 4.92 Å². The van der Waals surface area contributed by atoms with Crippen LogP contribution in [0.3, 0.4) is 0 Å². The number of fused-ring (bicyclic) bond motifs is 1. The van der Waals surface area contributed by atoms with Crippen LogP contribution in [-0.2, 0) is 0 Å². The number of aryl methyl sites for hydroxylation is 2. The van der Waals surface area contributed by atoms with Crippen molar-refractivity contribution in [2.45, 2.75) is 19.0 Å². The summed E-state index contributed by atoms with van der Waals surface area (Å²) in [6, 6.07) is 8.20. The van der Waals surface area contributed by atoms with E-state index in [9.17, 15) is 10.1 Å². The third-order valence-corrected chi connectivity index (χ3v) is 4.19. The lowest BCUT2D eigenvalue weighted by atomic mass is 10.3. The van der Waals surface area contributed by atoms with Gasteiger partial charge in [0.2, 0.25) is 0 Å². The molecule has 0 unspecified atom stereocenters. The minimum absolute atomic E-state index is 0.0362. The molecule has 24 heavy (non-hydrogen) atoms. The first-order chi connectivity index (χ1) is 11.6. The van der Waals surface area contributed by atoms with E-state index in [2.05, 4.69) is 15.2 Å². The van der Waals surface area contributed by atoms with E-state index in [4.69, 9.17) is 4.74 Å². The lowest BCUT2D eigenvalue weighted by molar-refractivity contribution is -0.385. The molecule has 0 aliphatic rings. The van der Waals surface area contributed by atoms with Gasteiger partial charge >= 0.3 is 5.69 Å².